The van der Waals surface area contributed by atoms with Gasteiger partial charge < -0.3 is 20.7 Å². The third kappa shape index (κ3) is 2.58. The normalized spacial score (nSPS) is 15.0. The fourth-order valence-electron chi connectivity index (χ4n) is 2.33. The van der Waals surface area contributed by atoms with E-state index in [1.165, 1.54) is 24.9 Å². The van der Waals surface area contributed by atoms with Gasteiger partial charge in [0.05, 0.1) is 12.8 Å². The van der Waals surface area contributed by atoms with Crippen molar-refractivity contribution in [1.82, 2.24) is 5.32 Å². The van der Waals surface area contributed by atoms with Crippen LogP contribution in [-0.4, -0.2) is 39.1 Å². The lowest BCUT2D eigenvalue weighted by Gasteiger charge is -2.28. The minimum Gasteiger partial charge on any atom is -0.465 e. The molecular weight excluding hydrogens is 278 g/mol. The van der Waals surface area contributed by atoms with Gasteiger partial charge in [0.1, 0.15) is 15.4 Å². The minimum atomic E-state index is -0.491. The highest BCUT2D eigenvalue weighted by Crippen LogP contribution is 2.39. The molecule has 1 aliphatic heterocycles. The maximum atomic E-state index is 12.0. The number of carbonyl (C=O) groups excluding carboxylic acids is 2. The zero-order valence-electron chi connectivity index (χ0n) is 11.7. The number of nitrogens with zero attached hydrogens (tertiary/aromatic N) is 1. The van der Waals surface area contributed by atoms with Gasteiger partial charge in [-0.1, -0.05) is 0 Å². The van der Waals surface area contributed by atoms with Crippen LogP contribution in [0.4, 0.5) is 10.7 Å². The number of nitrogens with two attached hydrogens (primary N) is 1. The molecule has 0 bridgehead atoms. The van der Waals surface area contributed by atoms with Gasteiger partial charge in [0.2, 0.25) is 0 Å². The van der Waals surface area contributed by atoms with Crippen molar-refractivity contribution in [2.45, 2.75) is 19.3 Å². The van der Waals surface area contributed by atoms with Gasteiger partial charge >= 0.3 is 5.97 Å². The monoisotopic (exact) mass is 297 g/mol. The molecule has 1 aromatic rings. The van der Waals surface area contributed by atoms with Gasteiger partial charge in [0.25, 0.3) is 5.91 Å². The Balaban J connectivity index is 2.47. The molecule has 0 atom stereocenters. The highest BCUT2D eigenvalue weighted by Gasteiger charge is 2.29. The molecule has 0 radical (unpaired) electrons. The first kappa shape index (κ1) is 14.6. The number of hydrogen-bond acceptors (Lipinski definition) is 6. The number of anilines is 2. The van der Waals surface area contributed by atoms with Crippen LogP contribution in [0.15, 0.2) is 0 Å². The number of nitrogens with one attached hydrogen (secondary N) is 1. The van der Waals surface area contributed by atoms with Crippen molar-refractivity contribution in [1.29, 1.82) is 0 Å². The van der Waals surface area contributed by atoms with Gasteiger partial charge in [-0.2, -0.15) is 0 Å². The number of esters is 1. The number of piperidine rings is 1. The topological polar surface area (TPSA) is 84.7 Å². The second-order valence-electron chi connectivity index (χ2n) is 4.64. The molecule has 1 aromatic heterocycles. The first-order valence-electron chi connectivity index (χ1n) is 6.57. The van der Waals surface area contributed by atoms with Gasteiger partial charge in [-0.3, -0.25) is 4.79 Å². The molecule has 20 heavy (non-hydrogen) atoms. The van der Waals surface area contributed by atoms with Gasteiger partial charge in [0, 0.05) is 20.1 Å². The molecule has 0 spiro atoms. The standard InChI is InChI=1S/C13H19N3O3S/c1-15-11(17)10-9(14)8(13(18)19-2)12(20-10)16-6-4-3-5-7-16/h3-7,14H2,1-2H3,(H,15,17). The lowest BCUT2D eigenvalue weighted by atomic mass is 10.1. The second-order valence-corrected chi connectivity index (χ2v) is 5.64. The average Bonchev–Trinajstić information content (AvgIpc) is 2.84. The number of ether oxygens (including phenoxy) is 1. The summed E-state index contributed by atoms with van der Waals surface area (Å²) in [6, 6.07) is 0. The van der Waals surface area contributed by atoms with Crippen molar-refractivity contribution in [3.05, 3.63) is 10.4 Å². The van der Waals surface area contributed by atoms with Crippen LogP contribution in [0.3, 0.4) is 0 Å². The molecule has 1 fully saturated rings. The van der Waals surface area contributed by atoms with Crippen molar-refractivity contribution in [2.24, 2.45) is 0 Å². The summed E-state index contributed by atoms with van der Waals surface area (Å²) in [6.07, 6.45) is 3.34. The molecular formula is C13H19N3O3S. The van der Waals surface area contributed by atoms with Crippen molar-refractivity contribution in [3.8, 4) is 0 Å². The Morgan fingerprint density at radius 2 is 1.95 bits per heavy atom. The van der Waals surface area contributed by atoms with Crippen LogP contribution >= 0.6 is 11.3 Å². The molecule has 1 amide bonds. The molecule has 0 unspecified atom stereocenters. The Hall–Kier alpha value is -1.76. The highest BCUT2D eigenvalue weighted by atomic mass is 32.1. The zero-order valence-corrected chi connectivity index (χ0v) is 12.5. The van der Waals surface area contributed by atoms with E-state index in [2.05, 4.69) is 10.2 Å². The van der Waals surface area contributed by atoms with Crippen LogP contribution in [0.25, 0.3) is 0 Å². The summed E-state index contributed by atoms with van der Waals surface area (Å²) in [5, 5.41) is 3.29. The van der Waals surface area contributed by atoms with Crippen molar-refractivity contribution >= 4 is 33.9 Å². The predicted molar refractivity (Wildman–Crippen MR) is 79.5 cm³/mol. The van der Waals surface area contributed by atoms with E-state index in [-0.39, 0.29) is 11.6 Å². The Bertz CT molecular complexity index is 521. The number of methoxy groups -OCH3 is 1. The Morgan fingerprint density at radius 3 is 2.50 bits per heavy atom. The third-order valence-corrected chi connectivity index (χ3v) is 4.66. The smallest absolute Gasteiger partial charge is 0.343 e. The van der Waals surface area contributed by atoms with Crippen LogP contribution in [0.2, 0.25) is 0 Å². The summed E-state index contributed by atoms with van der Waals surface area (Å²) in [5.74, 6) is -0.768. The van der Waals surface area contributed by atoms with E-state index in [1.807, 2.05) is 0 Å². The van der Waals surface area contributed by atoms with Crippen LogP contribution in [-0.2, 0) is 4.74 Å². The molecule has 2 rings (SSSR count). The van der Waals surface area contributed by atoms with E-state index in [0.29, 0.717) is 10.4 Å². The number of carbonyl (C=O) groups is 2. The summed E-state index contributed by atoms with van der Waals surface area (Å²) in [4.78, 5) is 26.3. The molecule has 110 valence electrons. The van der Waals surface area contributed by atoms with Gasteiger partial charge in [0.15, 0.2) is 0 Å². The molecule has 7 heteroatoms. The van der Waals surface area contributed by atoms with Crippen LogP contribution in [0.5, 0.6) is 0 Å². The number of hydrogen-bond donors (Lipinski definition) is 2. The molecule has 0 aromatic carbocycles. The first-order chi connectivity index (χ1) is 9.60. The first-order valence-corrected chi connectivity index (χ1v) is 7.39. The van der Waals surface area contributed by atoms with E-state index in [0.717, 1.165) is 30.9 Å². The van der Waals surface area contributed by atoms with Gasteiger partial charge in [-0.05, 0) is 19.3 Å². The molecule has 6 nitrogen and oxygen atoms in total. The fourth-order valence-corrected chi connectivity index (χ4v) is 3.54. The molecule has 0 saturated carbocycles. The Morgan fingerprint density at radius 1 is 1.30 bits per heavy atom. The highest BCUT2D eigenvalue weighted by molar-refractivity contribution is 7.19. The average molecular weight is 297 g/mol. The summed E-state index contributed by atoms with van der Waals surface area (Å²) in [7, 11) is 2.86. The lowest BCUT2D eigenvalue weighted by Crippen LogP contribution is -2.30. The molecule has 2 heterocycles. The zero-order chi connectivity index (χ0) is 14.7. The van der Waals surface area contributed by atoms with Crippen molar-refractivity contribution < 1.29 is 14.3 Å². The number of nitrogen functional groups attached to an aromatic ring is 1. The largest absolute Gasteiger partial charge is 0.465 e. The lowest BCUT2D eigenvalue weighted by molar-refractivity contribution is 0.0603. The number of amides is 1. The summed E-state index contributed by atoms with van der Waals surface area (Å²) in [6.45, 7) is 1.74. The van der Waals surface area contributed by atoms with E-state index in [4.69, 9.17) is 10.5 Å². The number of rotatable bonds is 3. The predicted octanol–water partition coefficient (Wildman–Crippen LogP) is 1.47. The summed E-state index contributed by atoms with van der Waals surface area (Å²) < 4.78 is 4.80. The quantitative estimate of drug-likeness (QED) is 0.825. The molecule has 1 aliphatic rings. The van der Waals surface area contributed by atoms with Crippen LogP contribution < -0.4 is 16.0 Å². The molecule has 3 N–H and O–H groups in total. The van der Waals surface area contributed by atoms with E-state index < -0.39 is 5.97 Å². The summed E-state index contributed by atoms with van der Waals surface area (Å²) in [5.41, 5.74) is 6.51. The van der Waals surface area contributed by atoms with Crippen LogP contribution in [0, 0.1) is 0 Å². The van der Waals surface area contributed by atoms with Crippen LogP contribution in [0.1, 0.15) is 39.3 Å². The van der Waals surface area contributed by atoms with Gasteiger partial charge in [-0.25, -0.2) is 4.79 Å². The van der Waals surface area contributed by atoms with Crippen molar-refractivity contribution in [3.63, 3.8) is 0 Å². The van der Waals surface area contributed by atoms with E-state index in [9.17, 15) is 9.59 Å². The van der Waals surface area contributed by atoms with E-state index >= 15 is 0 Å². The SMILES string of the molecule is CNC(=O)c1sc(N2CCCCC2)c(C(=O)OC)c1N. The van der Waals surface area contributed by atoms with Gasteiger partial charge in [-0.15, -0.1) is 11.3 Å². The maximum absolute atomic E-state index is 12.0. The molecule has 0 aliphatic carbocycles. The summed E-state index contributed by atoms with van der Waals surface area (Å²) >= 11 is 1.26. The fraction of sp³-hybridized carbons (Fsp3) is 0.538. The minimum absolute atomic E-state index is 0.210. The second kappa shape index (κ2) is 6.13. The third-order valence-electron chi connectivity index (χ3n) is 3.39. The Labute approximate surface area is 121 Å². The Kier molecular flexibility index (Phi) is 4.49. The van der Waals surface area contributed by atoms with Crippen molar-refractivity contribution in [2.75, 3.05) is 37.9 Å². The van der Waals surface area contributed by atoms with E-state index in [1.54, 1.807) is 7.05 Å². The maximum Gasteiger partial charge on any atom is 0.343 e. The molecule has 1 saturated heterocycles. The number of thiophene rings is 1.